The Morgan fingerprint density at radius 2 is 1.13 bits per heavy atom. The van der Waals surface area contributed by atoms with Gasteiger partial charge < -0.3 is 0 Å². The molecule has 0 aliphatic heterocycles. The van der Waals surface area contributed by atoms with Crippen molar-refractivity contribution in [1.82, 2.24) is 0 Å². The second kappa shape index (κ2) is 8.34. The highest BCUT2D eigenvalue weighted by molar-refractivity contribution is 5.29. The van der Waals surface area contributed by atoms with Gasteiger partial charge in [-0.3, -0.25) is 0 Å². The normalized spacial score (nSPS) is 15.2. The molecule has 2 aromatic rings. The molecule has 0 saturated carbocycles. The van der Waals surface area contributed by atoms with E-state index in [0.29, 0.717) is 17.8 Å². The topological polar surface area (TPSA) is 0 Å². The highest BCUT2D eigenvalue weighted by Gasteiger charge is 2.15. The summed E-state index contributed by atoms with van der Waals surface area (Å²) < 4.78 is 0. The summed E-state index contributed by atoms with van der Waals surface area (Å²) in [4.78, 5) is 0. The molecule has 2 rings (SSSR count). The molecule has 0 aliphatic carbocycles. The highest BCUT2D eigenvalue weighted by Crippen LogP contribution is 2.33. The second-order valence-electron chi connectivity index (χ2n) is 7.13. The van der Waals surface area contributed by atoms with E-state index in [0.717, 1.165) is 0 Å². The summed E-state index contributed by atoms with van der Waals surface area (Å²) in [5.41, 5.74) is 5.77. The van der Waals surface area contributed by atoms with Crippen LogP contribution in [0.1, 0.15) is 87.0 Å². The maximum atomic E-state index is 2.36. The lowest BCUT2D eigenvalue weighted by Crippen LogP contribution is -2.04. The Hall–Kier alpha value is -1.56. The van der Waals surface area contributed by atoms with Gasteiger partial charge in [0, 0.05) is 0 Å². The van der Waals surface area contributed by atoms with E-state index >= 15 is 0 Å². The van der Waals surface area contributed by atoms with E-state index in [1.807, 2.05) is 0 Å². The first-order chi connectivity index (χ1) is 11.0. The van der Waals surface area contributed by atoms with Gasteiger partial charge in [-0.2, -0.15) is 0 Å². The fourth-order valence-electron chi connectivity index (χ4n) is 3.33. The molecule has 3 unspecified atom stereocenters. The lowest BCUT2D eigenvalue weighted by molar-refractivity contribution is 0.544. The number of hydrogen-bond acceptors (Lipinski definition) is 0. The Morgan fingerprint density at radius 1 is 0.652 bits per heavy atom. The van der Waals surface area contributed by atoms with Gasteiger partial charge in [-0.05, 0) is 60.6 Å². The SMILES string of the molecule is CCC(C)c1ccc(C(CC)CC(C)c2ccc(C)cc2)cc1. The molecule has 0 heteroatoms. The highest BCUT2D eigenvalue weighted by atomic mass is 14.2. The van der Waals surface area contributed by atoms with E-state index in [-0.39, 0.29) is 0 Å². The molecule has 0 fully saturated rings. The lowest BCUT2D eigenvalue weighted by Gasteiger charge is -2.21. The lowest BCUT2D eigenvalue weighted by atomic mass is 9.84. The Labute approximate surface area is 143 Å². The average molecular weight is 309 g/mol. The predicted molar refractivity (Wildman–Crippen MR) is 102 cm³/mol. The maximum Gasteiger partial charge on any atom is -0.0159 e. The number of hydrogen-bond donors (Lipinski definition) is 0. The van der Waals surface area contributed by atoms with Gasteiger partial charge in [0.05, 0.1) is 0 Å². The Bertz CT molecular complexity index is 576. The molecule has 0 saturated heterocycles. The molecule has 0 spiro atoms. The van der Waals surface area contributed by atoms with Crippen LogP contribution in [0.2, 0.25) is 0 Å². The standard InChI is InChI=1S/C23H32/c1-6-18(4)21-12-14-23(15-13-21)20(7-2)16-19(5)22-10-8-17(3)9-11-22/h8-15,18-20H,6-7,16H2,1-5H3. The van der Waals surface area contributed by atoms with E-state index in [4.69, 9.17) is 0 Å². The number of rotatable bonds is 7. The van der Waals surface area contributed by atoms with Crippen LogP contribution >= 0.6 is 0 Å². The molecule has 0 N–H and O–H groups in total. The van der Waals surface area contributed by atoms with Crippen molar-refractivity contribution in [2.75, 3.05) is 0 Å². The first kappa shape index (κ1) is 17.8. The van der Waals surface area contributed by atoms with Crippen LogP contribution < -0.4 is 0 Å². The number of benzene rings is 2. The fourth-order valence-corrected chi connectivity index (χ4v) is 3.33. The molecular weight excluding hydrogens is 276 g/mol. The molecule has 0 bridgehead atoms. The molecule has 23 heavy (non-hydrogen) atoms. The van der Waals surface area contributed by atoms with Crippen molar-refractivity contribution >= 4 is 0 Å². The molecule has 0 aliphatic rings. The average Bonchev–Trinajstić information content (AvgIpc) is 2.59. The van der Waals surface area contributed by atoms with Gasteiger partial charge in [-0.15, -0.1) is 0 Å². The van der Waals surface area contributed by atoms with E-state index in [2.05, 4.69) is 83.1 Å². The summed E-state index contributed by atoms with van der Waals surface area (Å²) in [6, 6.07) is 18.4. The van der Waals surface area contributed by atoms with Gasteiger partial charge in [-0.25, -0.2) is 0 Å². The quantitative estimate of drug-likeness (QED) is 0.507. The van der Waals surface area contributed by atoms with Gasteiger partial charge in [0.2, 0.25) is 0 Å². The van der Waals surface area contributed by atoms with Crippen LogP contribution in [0.3, 0.4) is 0 Å². The van der Waals surface area contributed by atoms with Crippen molar-refractivity contribution in [2.24, 2.45) is 0 Å². The Kier molecular flexibility index (Phi) is 6.45. The molecule has 2 aromatic carbocycles. The Balaban J connectivity index is 2.08. The van der Waals surface area contributed by atoms with Crippen LogP contribution in [-0.4, -0.2) is 0 Å². The van der Waals surface area contributed by atoms with Crippen LogP contribution in [-0.2, 0) is 0 Å². The molecular formula is C23H32. The van der Waals surface area contributed by atoms with Gasteiger partial charge in [0.25, 0.3) is 0 Å². The monoisotopic (exact) mass is 308 g/mol. The second-order valence-corrected chi connectivity index (χ2v) is 7.13. The predicted octanol–water partition coefficient (Wildman–Crippen LogP) is 7.20. The van der Waals surface area contributed by atoms with Gasteiger partial charge in [0.15, 0.2) is 0 Å². The minimum atomic E-state index is 0.606. The molecule has 124 valence electrons. The van der Waals surface area contributed by atoms with Crippen molar-refractivity contribution < 1.29 is 0 Å². The third-order valence-corrected chi connectivity index (χ3v) is 5.37. The van der Waals surface area contributed by atoms with Crippen LogP contribution in [0.25, 0.3) is 0 Å². The minimum absolute atomic E-state index is 0.606. The zero-order valence-electron chi connectivity index (χ0n) is 15.5. The molecule has 0 amide bonds. The van der Waals surface area contributed by atoms with Crippen LogP contribution in [0, 0.1) is 6.92 Å². The van der Waals surface area contributed by atoms with Crippen molar-refractivity contribution in [3.8, 4) is 0 Å². The number of aryl methyl sites for hydroxylation is 1. The summed E-state index contributed by atoms with van der Waals surface area (Å²) in [5.74, 6) is 1.92. The third-order valence-electron chi connectivity index (χ3n) is 5.37. The summed E-state index contributed by atoms with van der Waals surface area (Å²) >= 11 is 0. The van der Waals surface area contributed by atoms with E-state index in [1.165, 1.54) is 41.5 Å². The maximum absolute atomic E-state index is 2.36. The van der Waals surface area contributed by atoms with Crippen molar-refractivity contribution in [3.05, 3.63) is 70.8 Å². The van der Waals surface area contributed by atoms with Gasteiger partial charge in [-0.1, -0.05) is 81.8 Å². The summed E-state index contributed by atoms with van der Waals surface area (Å²) in [5, 5.41) is 0. The molecule has 0 heterocycles. The largest absolute Gasteiger partial charge is 0.0648 e. The van der Waals surface area contributed by atoms with Gasteiger partial charge >= 0.3 is 0 Å². The minimum Gasteiger partial charge on any atom is -0.0648 e. The third kappa shape index (κ3) is 4.70. The van der Waals surface area contributed by atoms with Gasteiger partial charge in [0.1, 0.15) is 0 Å². The summed E-state index contributed by atoms with van der Waals surface area (Å²) in [6.45, 7) is 11.4. The van der Waals surface area contributed by atoms with E-state index < -0.39 is 0 Å². The van der Waals surface area contributed by atoms with Crippen molar-refractivity contribution in [3.63, 3.8) is 0 Å². The molecule has 0 nitrogen and oxygen atoms in total. The zero-order valence-corrected chi connectivity index (χ0v) is 15.5. The first-order valence-electron chi connectivity index (χ1n) is 9.21. The van der Waals surface area contributed by atoms with E-state index in [1.54, 1.807) is 0 Å². The van der Waals surface area contributed by atoms with Crippen molar-refractivity contribution in [2.45, 2.75) is 71.6 Å². The van der Waals surface area contributed by atoms with E-state index in [9.17, 15) is 0 Å². The Morgan fingerprint density at radius 3 is 1.65 bits per heavy atom. The fraction of sp³-hybridized carbons (Fsp3) is 0.478. The van der Waals surface area contributed by atoms with Crippen molar-refractivity contribution in [1.29, 1.82) is 0 Å². The smallest absolute Gasteiger partial charge is 0.0159 e. The summed E-state index contributed by atoms with van der Waals surface area (Å²) in [6.07, 6.45) is 3.64. The van der Waals surface area contributed by atoms with Crippen LogP contribution in [0.15, 0.2) is 48.5 Å². The molecule has 0 aromatic heterocycles. The van der Waals surface area contributed by atoms with Crippen LogP contribution in [0.4, 0.5) is 0 Å². The molecule has 0 radical (unpaired) electrons. The first-order valence-corrected chi connectivity index (χ1v) is 9.21. The summed E-state index contributed by atoms with van der Waals surface area (Å²) in [7, 11) is 0. The molecule has 3 atom stereocenters. The zero-order chi connectivity index (χ0) is 16.8. The van der Waals surface area contributed by atoms with Crippen LogP contribution in [0.5, 0.6) is 0 Å².